The highest BCUT2D eigenvalue weighted by Crippen LogP contribution is 1.87. The third-order valence-corrected chi connectivity index (χ3v) is 1.76. The Morgan fingerprint density at radius 3 is 0.500 bits per heavy atom. The predicted octanol–water partition coefficient (Wildman–Crippen LogP) is -1.22. The van der Waals surface area contributed by atoms with Crippen molar-refractivity contribution in [3.05, 3.63) is 0 Å². The summed E-state index contributed by atoms with van der Waals surface area (Å²) in [4.78, 5) is 57.8. The van der Waals surface area contributed by atoms with Gasteiger partial charge in [-0.15, -0.1) is 0 Å². The van der Waals surface area contributed by atoms with Crippen molar-refractivity contribution in [2.45, 2.75) is 38.5 Å². The quantitative estimate of drug-likeness (QED) is 0.207. The monoisotopic (exact) mass is 416 g/mol. The molecule has 0 saturated carbocycles. The van der Waals surface area contributed by atoms with Gasteiger partial charge in [0, 0.05) is 0 Å². The van der Waals surface area contributed by atoms with Crippen LogP contribution in [0.15, 0.2) is 0 Å². The highest BCUT2D eigenvalue weighted by Gasteiger charge is 2.01. The Hall–Kier alpha value is -3.26. The summed E-state index contributed by atoms with van der Waals surface area (Å²) < 4.78 is 0. The zero-order valence-corrected chi connectivity index (χ0v) is 14.7. The molecule has 0 bridgehead atoms. The molecule has 0 aliphatic rings. The second kappa shape index (κ2) is 23.7. The van der Waals surface area contributed by atoms with Gasteiger partial charge in [0.2, 0.25) is 0 Å². The number of aliphatic carboxylic acids is 6. The van der Waals surface area contributed by atoms with Crippen LogP contribution in [0.4, 0.5) is 0 Å². The van der Waals surface area contributed by atoms with Gasteiger partial charge in [0.15, 0.2) is 0 Å². The second-order valence-corrected chi connectivity index (χ2v) is 4.31. The van der Waals surface area contributed by atoms with Crippen LogP contribution in [0.25, 0.3) is 0 Å². The highest BCUT2D eigenvalue weighted by molar-refractivity contribution is 5.76. The first-order valence-corrected chi connectivity index (χ1v) is 7.32. The van der Waals surface area contributed by atoms with Crippen molar-refractivity contribution in [2.24, 2.45) is 0 Å². The third kappa shape index (κ3) is 66.2. The minimum absolute atomic E-state index is 0.125. The molecular formula is C14H24O14. The smallest absolute Gasteiger partial charge is 0.303 e. The maximum atomic E-state index is 9.64. The first-order chi connectivity index (χ1) is 12.8. The highest BCUT2D eigenvalue weighted by atomic mass is 16.4. The summed E-state index contributed by atoms with van der Waals surface area (Å²) in [6, 6.07) is 0. The number of aliphatic hydroxyl groups is 2. The van der Waals surface area contributed by atoms with Crippen LogP contribution in [0.1, 0.15) is 38.5 Å². The fourth-order valence-corrected chi connectivity index (χ4v) is 0.642. The van der Waals surface area contributed by atoms with E-state index in [1.54, 1.807) is 0 Å². The van der Waals surface area contributed by atoms with Gasteiger partial charge in [0.05, 0.1) is 51.7 Å². The van der Waals surface area contributed by atoms with E-state index in [0.717, 1.165) is 0 Å². The molecule has 8 N–H and O–H groups in total. The molecular weight excluding hydrogens is 392 g/mol. The molecule has 0 saturated heterocycles. The van der Waals surface area contributed by atoms with E-state index < -0.39 is 35.8 Å². The van der Waals surface area contributed by atoms with Crippen LogP contribution in [0.3, 0.4) is 0 Å². The average molecular weight is 416 g/mol. The molecule has 0 aromatic carbocycles. The topological polar surface area (TPSA) is 264 Å². The van der Waals surface area contributed by atoms with E-state index in [1.165, 1.54) is 0 Å². The van der Waals surface area contributed by atoms with Gasteiger partial charge in [-0.05, 0) is 0 Å². The molecule has 14 heteroatoms. The average Bonchev–Trinajstić information content (AvgIpc) is 2.57. The molecule has 0 aromatic rings. The Morgan fingerprint density at radius 1 is 0.357 bits per heavy atom. The van der Waals surface area contributed by atoms with Gasteiger partial charge >= 0.3 is 35.8 Å². The van der Waals surface area contributed by atoms with E-state index in [9.17, 15) is 28.8 Å². The molecule has 14 nitrogen and oxygen atoms in total. The number of carboxylic acid groups (broad SMARTS) is 6. The van der Waals surface area contributed by atoms with Gasteiger partial charge in [-0.25, -0.2) is 0 Å². The molecule has 164 valence electrons. The fourth-order valence-electron chi connectivity index (χ4n) is 0.642. The molecule has 0 rings (SSSR count). The maximum absolute atomic E-state index is 9.64. The van der Waals surface area contributed by atoms with Crippen LogP contribution >= 0.6 is 0 Å². The number of aliphatic hydroxyl groups excluding tert-OH is 2. The molecule has 0 aliphatic carbocycles. The van der Waals surface area contributed by atoms with Crippen LogP contribution < -0.4 is 0 Å². The van der Waals surface area contributed by atoms with E-state index >= 15 is 0 Å². The SMILES string of the molecule is O=C(O)CCC(=O)O.O=C(O)CCC(=O)O.O=C(O)CCC(=O)O.OCCO. The number of rotatable bonds is 10. The lowest BCUT2D eigenvalue weighted by Crippen LogP contribution is -2.00. The van der Waals surface area contributed by atoms with Crippen LogP contribution in [-0.4, -0.2) is 89.9 Å². The molecule has 0 aliphatic heterocycles. The fraction of sp³-hybridized carbons (Fsp3) is 0.571. The molecule has 0 aromatic heterocycles. The lowest BCUT2D eigenvalue weighted by Gasteiger charge is -1.85. The van der Waals surface area contributed by atoms with Gasteiger partial charge in [0.25, 0.3) is 0 Å². The molecule has 28 heavy (non-hydrogen) atoms. The normalized spacial score (nSPS) is 8.36. The molecule has 0 fully saturated rings. The number of hydrogen-bond acceptors (Lipinski definition) is 8. The van der Waals surface area contributed by atoms with E-state index in [0.29, 0.717) is 0 Å². The summed E-state index contributed by atoms with van der Waals surface area (Å²) in [5, 5.41) is 62.6. The van der Waals surface area contributed by atoms with Gasteiger partial charge in [0.1, 0.15) is 0 Å². The summed E-state index contributed by atoms with van der Waals surface area (Å²) in [5.74, 6) is -6.46. The van der Waals surface area contributed by atoms with E-state index in [1.807, 2.05) is 0 Å². The van der Waals surface area contributed by atoms with Crippen molar-refractivity contribution >= 4 is 35.8 Å². The molecule has 0 amide bonds. The minimum atomic E-state index is -1.08. The van der Waals surface area contributed by atoms with Crippen LogP contribution in [0.5, 0.6) is 0 Å². The second-order valence-electron chi connectivity index (χ2n) is 4.31. The largest absolute Gasteiger partial charge is 0.481 e. The van der Waals surface area contributed by atoms with Crippen molar-refractivity contribution in [3.63, 3.8) is 0 Å². The maximum Gasteiger partial charge on any atom is 0.303 e. The Labute approximate surface area is 158 Å². The van der Waals surface area contributed by atoms with Gasteiger partial charge in [-0.3, -0.25) is 28.8 Å². The van der Waals surface area contributed by atoms with E-state index in [2.05, 4.69) is 0 Å². The minimum Gasteiger partial charge on any atom is -0.481 e. The van der Waals surface area contributed by atoms with Gasteiger partial charge < -0.3 is 40.9 Å². The zero-order valence-electron chi connectivity index (χ0n) is 14.7. The van der Waals surface area contributed by atoms with Crippen LogP contribution in [-0.2, 0) is 28.8 Å². The van der Waals surface area contributed by atoms with Crippen LogP contribution in [0, 0.1) is 0 Å². The van der Waals surface area contributed by atoms with Gasteiger partial charge in [-0.1, -0.05) is 0 Å². The number of carbonyl (C=O) groups is 6. The standard InChI is InChI=1S/3C4H6O4.C2H6O2/c3*5-3(6)1-2-4(7)8;3-1-2-4/h3*1-2H2,(H,5,6)(H,7,8);3-4H,1-2H2. The van der Waals surface area contributed by atoms with Crippen molar-refractivity contribution in [3.8, 4) is 0 Å². The lowest BCUT2D eigenvalue weighted by atomic mass is 10.3. The molecule has 0 spiro atoms. The number of carboxylic acids is 6. The van der Waals surface area contributed by atoms with E-state index in [-0.39, 0.29) is 51.7 Å². The zero-order chi connectivity index (χ0) is 23.1. The molecule has 0 atom stereocenters. The van der Waals surface area contributed by atoms with Gasteiger partial charge in [-0.2, -0.15) is 0 Å². The molecule has 0 radical (unpaired) electrons. The van der Waals surface area contributed by atoms with E-state index in [4.69, 9.17) is 40.9 Å². The lowest BCUT2D eigenvalue weighted by molar-refractivity contribution is -0.143. The molecule has 0 unspecified atom stereocenters. The summed E-state index contributed by atoms with van der Waals surface area (Å²) in [7, 11) is 0. The summed E-state index contributed by atoms with van der Waals surface area (Å²) in [6.07, 6.45) is -1.78. The van der Waals surface area contributed by atoms with Crippen molar-refractivity contribution < 1.29 is 69.6 Å². The third-order valence-electron chi connectivity index (χ3n) is 1.76. The Kier molecular flexibility index (Phi) is 27.5. The first kappa shape index (κ1) is 32.4. The van der Waals surface area contributed by atoms with Crippen molar-refractivity contribution in [1.29, 1.82) is 0 Å². The Bertz CT molecular complexity index is 374. The van der Waals surface area contributed by atoms with Crippen molar-refractivity contribution in [2.75, 3.05) is 13.2 Å². The molecule has 0 heterocycles. The number of hydrogen-bond donors (Lipinski definition) is 8. The Morgan fingerprint density at radius 2 is 0.464 bits per heavy atom. The Balaban J connectivity index is -0.000000141. The summed E-state index contributed by atoms with van der Waals surface area (Å²) in [5.41, 5.74) is 0. The summed E-state index contributed by atoms with van der Waals surface area (Å²) in [6.45, 7) is -0.250. The van der Waals surface area contributed by atoms with Crippen molar-refractivity contribution in [1.82, 2.24) is 0 Å². The first-order valence-electron chi connectivity index (χ1n) is 7.32. The predicted molar refractivity (Wildman–Crippen MR) is 87.7 cm³/mol. The van der Waals surface area contributed by atoms with Crippen LogP contribution in [0.2, 0.25) is 0 Å². The summed E-state index contributed by atoms with van der Waals surface area (Å²) >= 11 is 0.